The number of fused-ring (bicyclic) bond motifs is 3. The van der Waals surface area contributed by atoms with Gasteiger partial charge in [-0.2, -0.15) is 0 Å². The summed E-state index contributed by atoms with van der Waals surface area (Å²) in [5.74, 6) is -0.350. The predicted molar refractivity (Wildman–Crippen MR) is 117 cm³/mol. The van der Waals surface area contributed by atoms with Crippen LogP contribution in [0.5, 0.6) is 0 Å². The number of benzene rings is 1. The third kappa shape index (κ3) is 3.30. The molecule has 1 unspecified atom stereocenters. The van der Waals surface area contributed by atoms with Gasteiger partial charge in [0.25, 0.3) is 5.91 Å². The van der Waals surface area contributed by atoms with Crippen LogP contribution in [0.1, 0.15) is 36.8 Å². The number of amides is 1. The van der Waals surface area contributed by atoms with E-state index in [0.717, 1.165) is 22.0 Å². The fourth-order valence-electron chi connectivity index (χ4n) is 3.61. The summed E-state index contributed by atoms with van der Waals surface area (Å²) in [5.41, 5.74) is 2.47. The summed E-state index contributed by atoms with van der Waals surface area (Å²) in [6.07, 6.45) is 0.580. The molecule has 0 bridgehead atoms. The van der Waals surface area contributed by atoms with Crippen molar-refractivity contribution < 1.29 is 4.79 Å². The van der Waals surface area contributed by atoms with Crippen LogP contribution in [0.2, 0.25) is 5.02 Å². The van der Waals surface area contributed by atoms with Crippen LogP contribution in [-0.4, -0.2) is 17.5 Å². The lowest BCUT2D eigenvalue weighted by atomic mass is 10.0. The van der Waals surface area contributed by atoms with Crippen LogP contribution in [0.15, 0.2) is 46.1 Å². The van der Waals surface area contributed by atoms with Crippen LogP contribution in [0.4, 0.5) is 0 Å². The van der Waals surface area contributed by atoms with Crippen molar-refractivity contribution in [3.8, 4) is 5.69 Å². The highest BCUT2D eigenvalue weighted by Crippen LogP contribution is 2.46. The van der Waals surface area contributed by atoms with E-state index >= 15 is 0 Å². The standard InChI is InChI=1S/C21H19ClN2O2S2/c1-11-8-16(25)20(21(26)23-3)15-10-19(17-7-4-12(2)27-17)28-18-9-13(22)5-6-14(18)24(11)15/h4-9,19H,10H2,1-3H3,(H,23,26). The van der Waals surface area contributed by atoms with Crippen LogP contribution in [0.3, 0.4) is 0 Å². The van der Waals surface area contributed by atoms with E-state index in [9.17, 15) is 9.59 Å². The molecule has 3 heterocycles. The fraction of sp³-hybridized carbons (Fsp3) is 0.238. The second-order valence-electron chi connectivity index (χ2n) is 6.76. The number of rotatable bonds is 2. The Labute approximate surface area is 176 Å². The van der Waals surface area contributed by atoms with E-state index in [1.807, 2.05) is 29.7 Å². The minimum atomic E-state index is -0.350. The van der Waals surface area contributed by atoms with Crippen LogP contribution >= 0.6 is 34.7 Å². The summed E-state index contributed by atoms with van der Waals surface area (Å²) in [6.45, 7) is 3.98. The van der Waals surface area contributed by atoms with Crippen molar-refractivity contribution in [1.29, 1.82) is 0 Å². The maximum absolute atomic E-state index is 12.7. The number of halogens is 1. The fourth-order valence-corrected chi connectivity index (χ4v) is 6.21. The third-order valence-corrected chi connectivity index (χ3v) is 7.63. The molecule has 3 aromatic rings. The molecule has 144 valence electrons. The average Bonchev–Trinajstić information content (AvgIpc) is 3.00. The summed E-state index contributed by atoms with van der Waals surface area (Å²) in [4.78, 5) is 28.8. The number of aryl methyl sites for hydroxylation is 2. The number of pyridine rings is 1. The first-order valence-corrected chi connectivity index (χ1v) is 11.0. The van der Waals surface area contributed by atoms with Gasteiger partial charge in [-0.05, 0) is 44.2 Å². The Kier molecular flexibility index (Phi) is 5.12. The summed E-state index contributed by atoms with van der Waals surface area (Å²) in [5, 5.41) is 3.39. The van der Waals surface area contributed by atoms with Crippen molar-refractivity contribution in [1.82, 2.24) is 9.88 Å². The van der Waals surface area contributed by atoms with E-state index in [-0.39, 0.29) is 22.1 Å². The van der Waals surface area contributed by atoms with Gasteiger partial charge in [0.05, 0.1) is 5.69 Å². The molecular weight excluding hydrogens is 412 g/mol. The lowest BCUT2D eigenvalue weighted by molar-refractivity contribution is 0.0960. The average molecular weight is 431 g/mol. The Balaban J connectivity index is 2.04. The molecule has 1 aromatic carbocycles. The first kappa shape index (κ1) is 19.3. The van der Waals surface area contributed by atoms with E-state index in [1.165, 1.54) is 15.8 Å². The van der Waals surface area contributed by atoms with Gasteiger partial charge >= 0.3 is 0 Å². The molecule has 1 amide bonds. The van der Waals surface area contributed by atoms with Crippen molar-refractivity contribution in [3.63, 3.8) is 0 Å². The first-order valence-electron chi connectivity index (χ1n) is 8.89. The minimum absolute atomic E-state index is 0.0919. The van der Waals surface area contributed by atoms with Gasteiger partial charge < -0.3 is 9.88 Å². The largest absolute Gasteiger partial charge is 0.355 e. The minimum Gasteiger partial charge on any atom is -0.355 e. The molecule has 0 saturated carbocycles. The molecule has 1 atom stereocenters. The van der Waals surface area contributed by atoms with Crippen molar-refractivity contribution in [3.05, 3.63) is 78.3 Å². The molecular formula is C21H19ClN2O2S2. The Hall–Kier alpha value is -2.02. The molecule has 0 radical (unpaired) electrons. The number of nitrogens with zero attached hydrogens (tertiary/aromatic N) is 1. The predicted octanol–water partition coefficient (Wildman–Crippen LogP) is 4.92. The van der Waals surface area contributed by atoms with Gasteiger partial charge in [-0.3, -0.25) is 9.59 Å². The van der Waals surface area contributed by atoms with E-state index in [1.54, 1.807) is 30.1 Å². The molecule has 2 aromatic heterocycles. The highest BCUT2D eigenvalue weighted by molar-refractivity contribution is 7.99. The summed E-state index contributed by atoms with van der Waals surface area (Å²) < 4.78 is 2.03. The van der Waals surface area contributed by atoms with E-state index in [2.05, 4.69) is 24.4 Å². The van der Waals surface area contributed by atoms with Gasteiger partial charge in [0.2, 0.25) is 0 Å². The van der Waals surface area contributed by atoms with Gasteiger partial charge in [-0.25, -0.2) is 0 Å². The SMILES string of the molecule is CNC(=O)c1c2n(c(C)cc1=O)-c1ccc(Cl)cc1SC(c1ccc(C)s1)C2. The lowest BCUT2D eigenvalue weighted by Gasteiger charge is -2.19. The quantitative estimate of drug-likeness (QED) is 0.627. The molecule has 7 heteroatoms. The zero-order valence-corrected chi connectivity index (χ0v) is 18.1. The van der Waals surface area contributed by atoms with Crippen molar-refractivity contribution in [2.75, 3.05) is 7.05 Å². The zero-order valence-electron chi connectivity index (χ0n) is 15.7. The van der Waals surface area contributed by atoms with E-state index < -0.39 is 0 Å². The summed E-state index contributed by atoms with van der Waals surface area (Å²) >= 11 is 9.76. The number of carbonyl (C=O) groups is 1. The van der Waals surface area contributed by atoms with E-state index in [4.69, 9.17) is 11.6 Å². The van der Waals surface area contributed by atoms with Gasteiger partial charge in [0.1, 0.15) is 5.56 Å². The molecule has 1 aliphatic heterocycles. The smallest absolute Gasteiger partial charge is 0.256 e. The number of thiophene rings is 1. The molecule has 4 rings (SSSR count). The highest BCUT2D eigenvalue weighted by Gasteiger charge is 2.29. The molecule has 28 heavy (non-hydrogen) atoms. The van der Waals surface area contributed by atoms with Crippen molar-refractivity contribution >= 4 is 40.6 Å². The molecule has 0 aliphatic carbocycles. The molecule has 1 N–H and O–H groups in total. The van der Waals surface area contributed by atoms with Gasteiger partial charge in [-0.15, -0.1) is 23.1 Å². The summed E-state index contributed by atoms with van der Waals surface area (Å²) in [7, 11) is 1.55. The molecule has 1 aliphatic rings. The summed E-state index contributed by atoms with van der Waals surface area (Å²) in [6, 6.07) is 11.5. The number of hydrogen-bond acceptors (Lipinski definition) is 4. The van der Waals surface area contributed by atoms with Crippen LogP contribution in [0, 0.1) is 13.8 Å². The molecule has 0 spiro atoms. The van der Waals surface area contributed by atoms with Crippen LogP contribution < -0.4 is 10.7 Å². The van der Waals surface area contributed by atoms with Crippen molar-refractivity contribution in [2.45, 2.75) is 30.4 Å². The van der Waals surface area contributed by atoms with Gasteiger partial charge in [0, 0.05) is 55.8 Å². The van der Waals surface area contributed by atoms with Crippen molar-refractivity contribution in [2.24, 2.45) is 0 Å². The number of carbonyl (C=O) groups excluding carboxylic acids is 1. The maximum Gasteiger partial charge on any atom is 0.256 e. The molecule has 0 fully saturated rings. The first-order chi connectivity index (χ1) is 13.4. The maximum atomic E-state index is 12.7. The van der Waals surface area contributed by atoms with E-state index in [0.29, 0.717) is 11.4 Å². The molecule has 4 nitrogen and oxygen atoms in total. The second-order valence-corrected chi connectivity index (χ2v) is 9.76. The Morgan fingerprint density at radius 3 is 2.68 bits per heavy atom. The molecule has 0 saturated heterocycles. The number of hydrogen-bond donors (Lipinski definition) is 1. The topological polar surface area (TPSA) is 51.1 Å². The third-order valence-electron chi connectivity index (χ3n) is 4.84. The normalized spacial score (nSPS) is 15.5. The Bertz CT molecular complexity index is 1150. The monoisotopic (exact) mass is 430 g/mol. The number of thioether (sulfide) groups is 1. The highest BCUT2D eigenvalue weighted by atomic mass is 35.5. The van der Waals surface area contributed by atoms with Gasteiger partial charge in [-0.1, -0.05) is 11.6 Å². The van der Waals surface area contributed by atoms with Crippen LogP contribution in [-0.2, 0) is 6.42 Å². The second kappa shape index (κ2) is 7.43. The van der Waals surface area contributed by atoms with Gasteiger partial charge in [0.15, 0.2) is 5.43 Å². The Morgan fingerprint density at radius 1 is 1.21 bits per heavy atom. The lowest BCUT2D eigenvalue weighted by Crippen LogP contribution is -2.30. The number of nitrogens with one attached hydrogen (secondary N) is 1. The zero-order chi connectivity index (χ0) is 20.0. The van der Waals surface area contributed by atoms with Crippen LogP contribution in [0.25, 0.3) is 5.69 Å². The number of aromatic nitrogens is 1. The Morgan fingerprint density at radius 2 is 2.00 bits per heavy atom.